The van der Waals surface area contributed by atoms with E-state index in [0.717, 1.165) is 28.0 Å². The molecule has 9 heteroatoms. The van der Waals surface area contributed by atoms with Crippen LogP contribution in [-0.4, -0.2) is 34.2 Å². The van der Waals surface area contributed by atoms with Crippen LogP contribution in [0.4, 0.5) is 0 Å². The van der Waals surface area contributed by atoms with Gasteiger partial charge in [-0.1, -0.05) is 0 Å². The van der Waals surface area contributed by atoms with Crippen molar-refractivity contribution in [3.8, 4) is 34.7 Å². The quantitative estimate of drug-likeness (QED) is 0.535. The molecule has 1 saturated carbocycles. The van der Waals surface area contributed by atoms with Gasteiger partial charge in [0.05, 0.1) is 71.7 Å². The Balaban J connectivity index is 1.50. The lowest BCUT2D eigenvalue weighted by atomic mass is 9.65. The highest BCUT2D eigenvalue weighted by molar-refractivity contribution is 5.78. The van der Waals surface area contributed by atoms with Crippen molar-refractivity contribution in [3.05, 3.63) is 43.2 Å². The van der Waals surface area contributed by atoms with Crippen molar-refractivity contribution in [1.82, 2.24) is 34.2 Å². The third-order valence-corrected chi connectivity index (χ3v) is 5.55. The van der Waals surface area contributed by atoms with Gasteiger partial charge >= 0.3 is 0 Å². The topological polar surface area (TPSA) is 113 Å². The highest BCUT2D eigenvalue weighted by atomic mass is 15.3. The zero-order valence-corrected chi connectivity index (χ0v) is 15.8. The Morgan fingerprint density at radius 3 is 2.66 bits per heavy atom. The van der Waals surface area contributed by atoms with Gasteiger partial charge in [-0.2, -0.15) is 25.8 Å². The zero-order valence-electron chi connectivity index (χ0n) is 15.8. The third-order valence-electron chi connectivity index (χ3n) is 5.55. The fourth-order valence-corrected chi connectivity index (χ4v) is 3.95. The Labute approximate surface area is 166 Å². The van der Waals surface area contributed by atoms with Crippen LogP contribution in [0, 0.1) is 28.1 Å². The van der Waals surface area contributed by atoms with Crippen molar-refractivity contribution >= 4 is 5.52 Å². The summed E-state index contributed by atoms with van der Waals surface area (Å²) < 4.78 is 5.42. The maximum atomic E-state index is 9.39. The van der Waals surface area contributed by atoms with Crippen molar-refractivity contribution in [2.24, 2.45) is 12.5 Å². The van der Waals surface area contributed by atoms with E-state index in [9.17, 15) is 5.26 Å². The van der Waals surface area contributed by atoms with E-state index in [0.29, 0.717) is 12.8 Å². The highest BCUT2D eigenvalue weighted by Crippen LogP contribution is 2.50. The first kappa shape index (κ1) is 17.1. The van der Waals surface area contributed by atoms with Crippen LogP contribution in [0.2, 0.25) is 0 Å². The van der Waals surface area contributed by atoms with Crippen molar-refractivity contribution in [3.63, 3.8) is 0 Å². The van der Waals surface area contributed by atoms with Crippen molar-refractivity contribution in [2.75, 3.05) is 0 Å². The smallest absolute Gasteiger partial charge is 0.0999 e. The van der Waals surface area contributed by atoms with Crippen molar-refractivity contribution in [1.29, 1.82) is 10.5 Å². The first-order valence-corrected chi connectivity index (χ1v) is 9.27. The van der Waals surface area contributed by atoms with Gasteiger partial charge in [-0.05, 0) is 18.9 Å². The van der Waals surface area contributed by atoms with Gasteiger partial charge in [-0.3, -0.25) is 9.36 Å². The summed E-state index contributed by atoms with van der Waals surface area (Å²) in [4.78, 5) is 4.85. The van der Waals surface area contributed by atoms with Gasteiger partial charge < -0.3 is 0 Å². The second-order valence-corrected chi connectivity index (χ2v) is 7.54. The van der Waals surface area contributed by atoms with Crippen LogP contribution in [0.1, 0.15) is 25.3 Å². The lowest BCUT2D eigenvalue weighted by Crippen LogP contribution is -2.37. The van der Waals surface area contributed by atoms with E-state index in [1.807, 2.05) is 36.4 Å². The number of aryl methyl sites for hydroxylation is 1. The van der Waals surface area contributed by atoms with E-state index >= 15 is 0 Å². The molecule has 0 bridgehead atoms. The summed E-state index contributed by atoms with van der Waals surface area (Å²) in [7, 11) is 1.87. The van der Waals surface area contributed by atoms with Gasteiger partial charge in [-0.25, -0.2) is 9.50 Å². The first-order chi connectivity index (χ1) is 14.1. The molecule has 0 radical (unpaired) electrons. The number of hydrogen-bond acceptors (Lipinski definition) is 6. The number of nitriles is 2. The molecule has 0 N–H and O–H groups in total. The molecule has 29 heavy (non-hydrogen) atoms. The Morgan fingerprint density at radius 1 is 1.10 bits per heavy atom. The number of fused-ring (bicyclic) bond motifs is 1. The molecule has 0 amide bonds. The number of aromatic nitrogens is 7. The number of nitrogens with zero attached hydrogens (tertiary/aromatic N) is 9. The Hall–Kier alpha value is -3.98. The van der Waals surface area contributed by atoms with Gasteiger partial charge in [0.1, 0.15) is 0 Å². The number of rotatable bonds is 4. The summed E-state index contributed by atoms with van der Waals surface area (Å²) >= 11 is 0. The van der Waals surface area contributed by atoms with Gasteiger partial charge in [-0.15, -0.1) is 0 Å². The van der Waals surface area contributed by atoms with E-state index in [-0.39, 0.29) is 12.5 Å². The molecule has 0 atom stereocenters. The van der Waals surface area contributed by atoms with Crippen molar-refractivity contribution < 1.29 is 0 Å². The maximum absolute atomic E-state index is 9.39. The summed E-state index contributed by atoms with van der Waals surface area (Å²) in [6.07, 6.45) is 12.6. The van der Waals surface area contributed by atoms with Gasteiger partial charge in [0.2, 0.25) is 0 Å². The summed E-state index contributed by atoms with van der Waals surface area (Å²) in [6, 6.07) is 6.48. The van der Waals surface area contributed by atoms with Crippen molar-refractivity contribution in [2.45, 2.75) is 25.3 Å². The first-order valence-electron chi connectivity index (χ1n) is 9.27. The second-order valence-electron chi connectivity index (χ2n) is 7.54. The summed E-state index contributed by atoms with van der Waals surface area (Å²) in [6.45, 7) is 0. The molecular formula is C20H17N9. The molecule has 0 saturated heterocycles. The van der Waals surface area contributed by atoms with Crippen LogP contribution in [0.15, 0.2) is 43.2 Å². The van der Waals surface area contributed by atoms with Crippen LogP contribution < -0.4 is 0 Å². The molecule has 4 aromatic heterocycles. The zero-order chi connectivity index (χ0) is 20.0. The molecular weight excluding hydrogens is 366 g/mol. The predicted molar refractivity (Wildman–Crippen MR) is 103 cm³/mol. The Kier molecular flexibility index (Phi) is 3.71. The highest BCUT2D eigenvalue weighted by Gasteiger charge is 2.46. The minimum Gasteiger partial charge on any atom is -0.275 e. The molecule has 4 aromatic rings. The molecule has 1 aliphatic rings. The van der Waals surface area contributed by atoms with Crippen LogP contribution in [0.25, 0.3) is 28.0 Å². The van der Waals surface area contributed by atoms with Crippen LogP contribution in [0.3, 0.4) is 0 Å². The van der Waals surface area contributed by atoms with Gasteiger partial charge in [0.25, 0.3) is 0 Å². The molecule has 1 aliphatic carbocycles. The maximum Gasteiger partial charge on any atom is 0.0999 e. The van der Waals surface area contributed by atoms with Gasteiger partial charge in [0, 0.05) is 30.6 Å². The van der Waals surface area contributed by atoms with Crippen LogP contribution in [-0.2, 0) is 7.05 Å². The normalized spacial score (nSPS) is 20.9. The average molecular weight is 383 g/mol. The second kappa shape index (κ2) is 6.28. The molecule has 9 nitrogen and oxygen atoms in total. The van der Waals surface area contributed by atoms with E-state index in [4.69, 9.17) is 10.2 Å². The molecule has 0 aromatic carbocycles. The largest absolute Gasteiger partial charge is 0.275 e. The summed E-state index contributed by atoms with van der Waals surface area (Å²) in [5.74, 6) is 0. The lowest BCUT2D eigenvalue weighted by molar-refractivity contribution is 0.118. The molecule has 0 spiro atoms. The Bertz CT molecular complexity index is 1290. The van der Waals surface area contributed by atoms with Crippen LogP contribution in [0.5, 0.6) is 0 Å². The van der Waals surface area contributed by atoms with E-state index in [2.05, 4.69) is 27.4 Å². The molecule has 5 rings (SSSR count). The fraction of sp³-hybridized carbons (Fsp3) is 0.300. The Morgan fingerprint density at radius 2 is 1.93 bits per heavy atom. The van der Waals surface area contributed by atoms with Gasteiger partial charge in [0.15, 0.2) is 0 Å². The monoisotopic (exact) mass is 383 g/mol. The minimum absolute atomic E-state index is 0.124. The molecule has 1 fully saturated rings. The van der Waals surface area contributed by atoms with E-state index < -0.39 is 5.41 Å². The predicted octanol–water partition coefficient (Wildman–Crippen LogP) is 2.75. The fourth-order valence-electron chi connectivity index (χ4n) is 3.95. The number of hydrogen-bond donors (Lipinski definition) is 0. The lowest BCUT2D eigenvalue weighted by Gasteiger charge is -2.41. The molecule has 0 aliphatic heterocycles. The molecule has 4 heterocycles. The standard InChI is InChI=1S/C20H17N9/c1-27-10-14(8-24-27)17-12-29-18(2-5-23-29)19(26-17)15-9-25-28(11-15)16-6-20(7-16,13-22)3-4-21/h2,5,8-12,16H,3,6-7H2,1H3. The SMILES string of the molecule is Cn1cc(-c2cn3nccc3c(-c3cnn(C4CC(C#N)(CC#N)C4)c3)n2)cn1. The molecule has 142 valence electrons. The minimum atomic E-state index is -0.539. The average Bonchev–Trinajstić information content (AvgIpc) is 3.43. The summed E-state index contributed by atoms with van der Waals surface area (Å²) in [5, 5.41) is 31.5. The van der Waals surface area contributed by atoms with Crippen LogP contribution >= 0.6 is 0 Å². The third kappa shape index (κ3) is 2.75. The summed E-state index contributed by atoms with van der Waals surface area (Å²) in [5.41, 5.74) is 3.71. The van der Waals surface area contributed by atoms with E-state index in [1.54, 1.807) is 27.8 Å². The van der Waals surface area contributed by atoms with E-state index in [1.165, 1.54) is 0 Å². The molecule has 0 unspecified atom stereocenters.